The number of hydrogen-bond acceptors (Lipinski definition) is 18. The standard InChI is InChI=1S/C49H55Cl6NO18/c1-24-28(69-39(61)33(58)32(26-15-11-9-12-16-26)56-40(62)74-43(3,4)5)20-47(65)37(72-38(60)27-17-13-10-14-18-27)35-45(8,36(59)34(31(24)44(47,6)7)71-42(64)68-23-49(53,54)55)29(70-41(63)67-22-48(50,51)52)19-30-46(35,21-66-30)73-25(2)57/h9-18,28-30,32-35,37,58,65H,19-23H2,1-8H3,(H,56,62)/t28?,29?,30?,32?,33?,34?,35?,37?,45-,46+,47-/m1/s1. The van der Waals surface area contributed by atoms with Crippen LogP contribution in [0.5, 0.6) is 0 Å². The molecule has 4 aliphatic rings. The lowest BCUT2D eigenvalue weighted by atomic mass is 9.44. The monoisotopic (exact) mass is 1160 g/mol. The van der Waals surface area contributed by atoms with E-state index >= 15 is 4.79 Å². The second-order valence-electron chi connectivity index (χ2n) is 20.1. The van der Waals surface area contributed by atoms with Crippen molar-refractivity contribution in [2.45, 2.75) is 135 Å². The van der Waals surface area contributed by atoms with E-state index in [2.05, 4.69) is 5.32 Å². The number of esters is 3. The first-order valence-electron chi connectivity index (χ1n) is 22.9. The van der Waals surface area contributed by atoms with Crippen molar-refractivity contribution >= 4 is 112 Å². The van der Waals surface area contributed by atoms with Crippen molar-refractivity contribution in [2.75, 3.05) is 19.8 Å². The summed E-state index contributed by atoms with van der Waals surface area (Å²) in [5, 5.41) is 28.4. The lowest BCUT2D eigenvalue weighted by Crippen LogP contribution is -2.82. The fourth-order valence-electron chi connectivity index (χ4n) is 10.3. The molecule has 406 valence electrons. The number of nitrogens with one attached hydrogen (secondary N) is 1. The van der Waals surface area contributed by atoms with Crippen molar-refractivity contribution in [1.82, 2.24) is 5.32 Å². The maximum atomic E-state index is 16.3. The Bertz CT molecular complexity index is 2510. The smallest absolute Gasteiger partial charge is 0.456 e. The molecular weight excluding hydrogens is 1100 g/mol. The van der Waals surface area contributed by atoms with Gasteiger partial charge in [0.1, 0.15) is 48.8 Å². The number of fused-ring (bicyclic) bond motifs is 5. The zero-order chi connectivity index (χ0) is 55.1. The molecule has 2 aromatic rings. The third-order valence-corrected chi connectivity index (χ3v) is 14.3. The number of rotatable bonds is 12. The number of carbonyl (C=O) groups excluding carboxylic acids is 7. The summed E-state index contributed by atoms with van der Waals surface area (Å²) in [6, 6.07) is 13.8. The van der Waals surface area contributed by atoms with Gasteiger partial charge in [-0.1, -0.05) is 132 Å². The van der Waals surface area contributed by atoms with Gasteiger partial charge in [0.05, 0.1) is 29.5 Å². The van der Waals surface area contributed by atoms with Gasteiger partial charge in [0.25, 0.3) is 0 Å². The highest BCUT2D eigenvalue weighted by Crippen LogP contribution is 2.65. The summed E-state index contributed by atoms with van der Waals surface area (Å²) in [5.41, 5.74) is -10.2. The first kappa shape index (κ1) is 58.9. The minimum Gasteiger partial charge on any atom is -0.456 e. The van der Waals surface area contributed by atoms with Crippen molar-refractivity contribution in [2.24, 2.45) is 16.7 Å². The number of alkyl carbamates (subject to hydrolysis) is 1. The van der Waals surface area contributed by atoms with Crippen LogP contribution in [0, 0.1) is 16.7 Å². The highest BCUT2D eigenvalue weighted by atomic mass is 35.6. The second-order valence-corrected chi connectivity index (χ2v) is 25.1. The summed E-state index contributed by atoms with van der Waals surface area (Å²) in [4.78, 5) is 99.4. The van der Waals surface area contributed by atoms with Crippen LogP contribution in [0.2, 0.25) is 0 Å². The predicted octanol–water partition coefficient (Wildman–Crippen LogP) is 8.32. The summed E-state index contributed by atoms with van der Waals surface area (Å²) >= 11 is 35.4. The molecule has 1 amide bonds. The zero-order valence-corrected chi connectivity index (χ0v) is 45.7. The lowest BCUT2D eigenvalue weighted by molar-refractivity contribution is -0.346. The minimum atomic E-state index is -2.66. The molecule has 3 fully saturated rings. The zero-order valence-electron chi connectivity index (χ0n) is 41.1. The minimum absolute atomic E-state index is 0.0470. The Kier molecular flexibility index (Phi) is 17.5. The SMILES string of the molecule is CC(=O)O[C@@]12COC1CC(OC(=O)OCC(Cl)(Cl)Cl)[C@@]1(C)C(=O)C(OC(=O)OCC(Cl)(Cl)Cl)C3=C(C)C(OC(=O)C(O)C(NC(=O)OC(C)(C)C)c4ccccc4)C[C@@](O)(C(OC(=O)c4ccccc4)C21)C3(C)C. The van der Waals surface area contributed by atoms with Gasteiger partial charge in [-0.15, -0.1) is 0 Å². The number of Topliss-reactive ketones (excluding diaryl/α,β-unsaturated/α-hetero) is 1. The summed E-state index contributed by atoms with van der Waals surface area (Å²) < 4.78 is 47.9. The summed E-state index contributed by atoms with van der Waals surface area (Å²) in [6.07, 6.45) is -16.6. The molecule has 19 nitrogen and oxygen atoms in total. The normalized spacial score (nSPS) is 29.2. The molecule has 2 aromatic carbocycles. The van der Waals surface area contributed by atoms with E-state index in [1.165, 1.54) is 64.1 Å². The Balaban J connectivity index is 1.61. The van der Waals surface area contributed by atoms with Crippen LogP contribution in [0.25, 0.3) is 0 Å². The Morgan fingerprint density at radius 3 is 1.89 bits per heavy atom. The third-order valence-electron chi connectivity index (χ3n) is 13.7. The number of ether oxygens (including phenoxy) is 9. The topological polar surface area (TPSA) is 255 Å². The van der Waals surface area contributed by atoms with Crippen LogP contribution >= 0.6 is 69.6 Å². The molecule has 74 heavy (non-hydrogen) atoms. The number of carbonyl (C=O) groups is 7. The average molecular weight is 1160 g/mol. The number of halogens is 6. The quantitative estimate of drug-likeness (QED) is 0.0781. The van der Waals surface area contributed by atoms with E-state index in [0.717, 1.165) is 6.92 Å². The molecule has 25 heteroatoms. The van der Waals surface area contributed by atoms with E-state index in [4.69, 9.17) is 112 Å². The molecular formula is C49H55Cl6NO18. The number of hydrogen-bond donors (Lipinski definition) is 3. The number of ketones is 1. The van der Waals surface area contributed by atoms with Gasteiger partial charge in [0, 0.05) is 25.2 Å². The van der Waals surface area contributed by atoms with E-state index in [9.17, 15) is 39.0 Å². The third kappa shape index (κ3) is 12.4. The van der Waals surface area contributed by atoms with E-state index in [1.807, 2.05) is 0 Å². The summed E-state index contributed by atoms with van der Waals surface area (Å²) in [5.74, 6) is -6.38. The molecule has 11 atom stereocenters. The maximum absolute atomic E-state index is 16.3. The van der Waals surface area contributed by atoms with Crippen molar-refractivity contribution in [3.05, 3.63) is 82.9 Å². The van der Waals surface area contributed by atoms with Crippen LogP contribution in [0.1, 0.15) is 90.2 Å². The Morgan fingerprint density at radius 1 is 0.824 bits per heavy atom. The molecule has 8 unspecified atom stereocenters. The molecule has 0 aromatic heterocycles. The summed E-state index contributed by atoms with van der Waals surface area (Å²) in [6.45, 7) is 9.11. The van der Waals surface area contributed by atoms with Gasteiger partial charge in [0.2, 0.25) is 7.59 Å². The van der Waals surface area contributed by atoms with E-state index in [1.54, 1.807) is 45.0 Å². The lowest BCUT2D eigenvalue weighted by Gasteiger charge is -2.67. The molecule has 0 radical (unpaired) electrons. The van der Waals surface area contributed by atoms with Crippen LogP contribution in [0.15, 0.2) is 71.8 Å². The van der Waals surface area contributed by atoms with Gasteiger partial charge >= 0.3 is 36.3 Å². The van der Waals surface area contributed by atoms with Gasteiger partial charge in [-0.05, 0) is 63.5 Å². The van der Waals surface area contributed by atoms with Gasteiger partial charge in [-0.3, -0.25) is 9.59 Å². The largest absolute Gasteiger partial charge is 0.509 e. The van der Waals surface area contributed by atoms with Gasteiger partial charge in [0.15, 0.2) is 23.6 Å². The molecule has 3 N–H and O–H groups in total. The first-order chi connectivity index (χ1) is 34.1. The van der Waals surface area contributed by atoms with Gasteiger partial charge in [-0.25, -0.2) is 24.0 Å². The van der Waals surface area contributed by atoms with Crippen molar-refractivity contribution in [3.63, 3.8) is 0 Å². The van der Waals surface area contributed by atoms with E-state index < -0.39 is 159 Å². The first-order valence-corrected chi connectivity index (χ1v) is 25.2. The predicted molar refractivity (Wildman–Crippen MR) is 265 cm³/mol. The van der Waals surface area contributed by atoms with Crippen molar-refractivity contribution in [1.29, 1.82) is 0 Å². The molecule has 1 heterocycles. The average Bonchev–Trinajstić information content (AvgIpc) is 3.29. The van der Waals surface area contributed by atoms with Gasteiger partial charge in [-0.2, -0.15) is 0 Å². The highest BCUT2D eigenvalue weighted by molar-refractivity contribution is 6.68. The van der Waals surface area contributed by atoms with Crippen molar-refractivity contribution in [3.8, 4) is 0 Å². The molecule has 3 aliphatic carbocycles. The highest BCUT2D eigenvalue weighted by Gasteiger charge is 2.79. The molecule has 1 saturated heterocycles. The van der Waals surface area contributed by atoms with Crippen LogP contribution in [-0.2, 0) is 57.0 Å². The number of aliphatic hydroxyl groups is 2. The Hall–Kier alpha value is -4.31. The van der Waals surface area contributed by atoms with E-state index in [0.29, 0.717) is 0 Å². The molecule has 2 bridgehead atoms. The summed E-state index contributed by atoms with van der Waals surface area (Å²) in [7, 11) is 0. The van der Waals surface area contributed by atoms with Crippen LogP contribution in [-0.4, -0.2) is 133 Å². The molecule has 2 saturated carbocycles. The van der Waals surface area contributed by atoms with E-state index in [-0.39, 0.29) is 22.3 Å². The molecule has 1 aliphatic heterocycles. The molecule has 0 spiro atoms. The Morgan fingerprint density at radius 2 is 1.38 bits per heavy atom. The fourth-order valence-corrected chi connectivity index (χ4v) is 10.7. The number of alkyl halides is 6. The number of benzene rings is 2. The van der Waals surface area contributed by atoms with Crippen molar-refractivity contribution < 1.29 is 86.4 Å². The molecule has 6 rings (SSSR count). The van der Waals surface area contributed by atoms with Crippen LogP contribution in [0.4, 0.5) is 14.4 Å². The van der Waals surface area contributed by atoms with Crippen LogP contribution < -0.4 is 5.32 Å². The van der Waals surface area contributed by atoms with Gasteiger partial charge < -0.3 is 58.2 Å². The number of aliphatic hydroxyl groups excluding tert-OH is 1. The maximum Gasteiger partial charge on any atom is 0.509 e. The fraction of sp³-hybridized carbons (Fsp3) is 0.571. The second kappa shape index (κ2) is 22.0. The van der Waals surface area contributed by atoms with Crippen LogP contribution in [0.3, 0.4) is 0 Å². The number of amides is 1. The Labute approximate surface area is 455 Å².